The van der Waals surface area contributed by atoms with Gasteiger partial charge in [0.2, 0.25) is 0 Å². The van der Waals surface area contributed by atoms with Crippen LogP contribution in [0.3, 0.4) is 0 Å². The lowest BCUT2D eigenvalue weighted by Gasteiger charge is -2.06. The quantitative estimate of drug-likeness (QED) is 0.795. The number of anilines is 1. The molecular formula is C11H4Cl2F3NOS. The zero-order valence-electron chi connectivity index (χ0n) is 8.94. The highest BCUT2D eigenvalue weighted by molar-refractivity contribution is 7.20. The summed E-state index contributed by atoms with van der Waals surface area (Å²) in [5, 5.41) is 2.09. The molecule has 0 aliphatic heterocycles. The van der Waals surface area contributed by atoms with E-state index in [1.807, 2.05) is 0 Å². The molecule has 8 heteroatoms. The smallest absolute Gasteiger partial charge is 0.258 e. The van der Waals surface area contributed by atoms with Crippen molar-refractivity contribution >= 4 is 46.1 Å². The Labute approximate surface area is 119 Å². The van der Waals surface area contributed by atoms with Gasteiger partial charge in [-0.2, -0.15) is 0 Å². The zero-order valence-corrected chi connectivity index (χ0v) is 11.3. The fourth-order valence-corrected chi connectivity index (χ4v) is 2.77. The fraction of sp³-hybridized carbons (Fsp3) is 0. The van der Waals surface area contributed by atoms with Gasteiger partial charge >= 0.3 is 0 Å². The first-order chi connectivity index (χ1) is 8.90. The maximum atomic E-state index is 13.4. The standard InChI is InChI=1S/C11H4Cl2F3NOS/c12-7-3-4(10(13)19-7)11(18)17-6-2-1-5(14)8(15)9(6)16/h1-3H,(H,17,18). The summed E-state index contributed by atoms with van der Waals surface area (Å²) < 4.78 is 39.5. The van der Waals surface area contributed by atoms with E-state index in [2.05, 4.69) is 5.32 Å². The second kappa shape index (κ2) is 5.40. The molecule has 0 saturated carbocycles. The second-order valence-electron chi connectivity index (χ2n) is 3.41. The number of nitrogens with one attached hydrogen (secondary N) is 1. The number of rotatable bonds is 2. The summed E-state index contributed by atoms with van der Waals surface area (Å²) in [7, 11) is 0. The van der Waals surface area contributed by atoms with Crippen molar-refractivity contribution in [2.24, 2.45) is 0 Å². The average Bonchev–Trinajstić information content (AvgIpc) is 2.69. The minimum Gasteiger partial charge on any atom is -0.319 e. The Kier molecular flexibility index (Phi) is 4.03. The normalized spacial score (nSPS) is 10.6. The third-order valence-corrected chi connectivity index (χ3v) is 3.67. The number of carbonyl (C=O) groups excluding carboxylic acids is 1. The molecule has 0 spiro atoms. The van der Waals surface area contributed by atoms with Gasteiger partial charge in [-0.15, -0.1) is 11.3 Å². The van der Waals surface area contributed by atoms with Gasteiger partial charge in [0.1, 0.15) is 4.34 Å². The summed E-state index contributed by atoms with van der Waals surface area (Å²) in [4.78, 5) is 11.8. The van der Waals surface area contributed by atoms with Gasteiger partial charge in [0, 0.05) is 0 Å². The van der Waals surface area contributed by atoms with Crippen molar-refractivity contribution in [2.45, 2.75) is 0 Å². The van der Waals surface area contributed by atoms with Gasteiger partial charge in [-0.05, 0) is 18.2 Å². The molecule has 0 saturated heterocycles. The van der Waals surface area contributed by atoms with Crippen LogP contribution >= 0.6 is 34.5 Å². The Bertz CT molecular complexity index is 660. The second-order valence-corrected chi connectivity index (χ2v) is 5.70. The molecule has 0 unspecified atom stereocenters. The molecule has 1 amide bonds. The molecule has 1 N–H and O–H groups in total. The lowest BCUT2D eigenvalue weighted by atomic mass is 10.2. The summed E-state index contributed by atoms with van der Waals surface area (Å²) in [6.45, 7) is 0. The molecule has 0 radical (unpaired) electrons. The molecule has 19 heavy (non-hydrogen) atoms. The molecule has 2 nitrogen and oxygen atoms in total. The van der Waals surface area contributed by atoms with E-state index in [1.165, 1.54) is 6.07 Å². The SMILES string of the molecule is O=C(Nc1ccc(F)c(F)c1F)c1cc(Cl)sc1Cl. The van der Waals surface area contributed by atoms with E-state index < -0.39 is 29.0 Å². The van der Waals surface area contributed by atoms with Gasteiger partial charge in [-0.3, -0.25) is 4.79 Å². The molecule has 1 aromatic carbocycles. The fourth-order valence-electron chi connectivity index (χ4n) is 1.31. The van der Waals surface area contributed by atoms with Crippen LogP contribution in [0.4, 0.5) is 18.9 Å². The highest BCUT2D eigenvalue weighted by Gasteiger charge is 2.18. The first-order valence-electron chi connectivity index (χ1n) is 4.80. The van der Waals surface area contributed by atoms with E-state index in [1.54, 1.807) is 0 Å². The van der Waals surface area contributed by atoms with E-state index in [0.717, 1.165) is 17.4 Å². The molecule has 2 rings (SSSR count). The number of hydrogen-bond donors (Lipinski definition) is 1. The average molecular weight is 326 g/mol. The number of benzene rings is 1. The lowest BCUT2D eigenvalue weighted by molar-refractivity contribution is 0.102. The first kappa shape index (κ1) is 14.2. The molecule has 1 heterocycles. The van der Waals surface area contributed by atoms with Gasteiger partial charge in [0.15, 0.2) is 17.5 Å². The van der Waals surface area contributed by atoms with Crippen molar-refractivity contribution in [2.75, 3.05) is 5.32 Å². The lowest BCUT2D eigenvalue weighted by Crippen LogP contribution is -2.13. The first-order valence-corrected chi connectivity index (χ1v) is 6.37. The summed E-state index contributed by atoms with van der Waals surface area (Å²) in [5.74, 6) is -5.25. The molecule has 1 aromatic heterocycles. The number of halogens is 5. The highest BCUT2D eigenvalue weighted by atomic mass is 35.5. The van der Waals surface area contributed by atoms with Crippen LogP contribution in [0.5, 0.6) is 0 Å². The molecule has 0 aliphatic rings. The maximum absolute atomic E-state index is 13.4. The van der Waals surface area contributed by atoms with E-state index in [-0.39, 0.29) is 14.2 Å². The molecule has 0 fully saturated rings. The van der Waals surface area contributed by atoms with Crippen molar-refractivity contribution in [3.8, 4) is 0 Å². The van der Waals surface area contributed by atoms with Crippen molar-refractivity contribution in [1.82, 2.24) is 0 Å². The Morgan fingerprint density at radius 3 is 2.42 bits per heavy atom. The van der Waals surface area contributed by atoms with E-state index >= 15 is 0 Å². The third kappa shape index (κ3) is 2.86. The molecule has 0 aliphatic carbocycles. The van der Waals surface area contributed by atoms with Gasteiger partial charge in [-0.1, -0.05) is 23.2 Å². The Balaban J connectivity index is 2.29. The number of thiophene rings is 1. The van der Waals surface area contributed by atoms with Crippen LogP contribution in [0.1, 0.15) is 10.4 Å². The van der Waals surface area contributed by atoms with Crippen LogP contribution in [0.25, 0.3) is 0 Å². The van der Waals surface area contributed by atoms with Crippen molar-refractivity contribution in [3.63, 3.8) is 0 Å². The Morgan fingerprint density at radius 2 is 1.84 bits per heavy atom. The van der Waals surface area contributed by atoms with Crippen LogP contribution < -0.4 is 5.32 Å². The van der Waals surface area contributed by atoms with E-state index in [9.17, 15) is 18.0 Å². The molecular weight excluding hydrogens is 322 g/mol. The molecule has 100 valence electrons. The van der Waals surface area contributed by atoms with Crippen LogP contribution in [0.15, 0.2) is 18.2 Å². The minimum atomic E-state index is -1.66. The zero-order chi connectivity index (χ0) is 14.2. The molecule has 0 atom stereocenters. The summed E-state index contributed by atoms with van der Waals surface area (Å²) in [5.41, 5.74) is -0.455. The third-order valence-electron chi connectivity index (χ3n) is 2.18. The number of hydrogen-bond acceptors (Lipinski definition) is 2. The van der Waals surface area contributed by atoms with Crippen molar-refractivity contribution in [1.29, 1.82) is 0 Å². The van der Waals surface area contributed by atoms with Crippen molar-refractivity contribution < 1.29 is 18.0 Å². The van der Waals surface area contributed by atoms with Gasteiger partial charge in [0.05, 0.1) is 15.6 Å². The van der Waals surface area contributed by atoms with Crippen LogP contribution in [0, 0.1) is 17.5 Å². The predicted molar refractivity (Wildman–Crippen MR) is 68.6 cm³/mol. The Hall–Kier alpha value is -1.24. The van der Waals surface area contributed by atoms with Crippen LogP contribution in [0.2, 0.25) is 8.67 Å². The summed E-state index contributed by atoms with van der Waals surface area (Å²) in [6.07, 6.45) is 0. The van der Waals surface area contributed by atoms with E-state index in [0.29, 0.717) is 6.07 Å². The summed E-state index contributed by atoms with van der Waals surface area (Å²) >= 11 is 12.4. The maximum Gasteiger partial charge on any atom is 0.258 e. The topological polar surface area (TPSA) is 29.1 Å². The minimum absolute atomic E-state index is 0.0285. The van der Waals surface area contributed by atoms with Crippen molar-refractivity contribution in [3.05, 3.63) is 49.9 Å². The molecule has 2 aromatic rings. The van der Waals surface area contributed by atoms with E-state index in [4.69, 9.17) is 23.2 Å². The number of amides is 1. The van der Waals surface area contributed by atoms with Gasteiger partial charge in [0.25, 0.3) is 5.91 Å². The van der Waals surface area contributed by atoms with Crippen LogP contribution in [-0.2, 0) is 0 Å². The highest BCUT2D eigenvalue weighted by Crippen LogP contribution is 2.32. The van der Waals surface area contributed by atoms with Gasteiger partial charge < -0.3 is 5.32 Å². The Morgan fingerprint density at radius 1 is 1.16 bits per heavy atom. The van der Waals surface area contributed by atoms with Gasteiger partial charge in [-0.25, -0.2) is 13.2 Å². The van der Waals surface area contributed by atoms with Crippen LogP contribution in [-0.4, -0.2) is 5.91 Å². The number of carbonyl (C=O) groups is 1. The predicted octanol–water partition coefficient (Wildman–Crippen LogP) is 4.72. The monoisotopic (exact) mass is 325 g/mol. The molecule has 0 bridgehead atoms. The summed E-state index contributed by atoms with van der Waals surface area (Å²) in [6, 6.07) is 2.91. The largest absolute Gasteiger partial charge is 0.319 e.